The van der Waals surface area contributed by atoms with Crippen molar-refractivity contribution in [3.63, 3.8) is 0 Å². The van der Waals surface area contributed by atoms with Crippen LogP contribution in [0.15, 0.2) is 53.0 Å². The average Bonchev–Trinajstić information content (AvgIpc) is 3.07. The third-order valence-electron chi connectivity index (χ3n) is 3.80. The number of nitrogens with one attached hydrogen (secondary N) is 1. The lowest BCUT2D eigenvalue weighted by molar-refractivity contribution is -0.111. The lowest BCUT2D eigenvalue weighted by atomic mass is 10.1. The minimum atomic E-state index is -0.344. The minimum absolute atomic E-state index is 0.344. The average molecular weight is 422 g/mol. The van der Waals surface area contributed by atoms with Crippen LogP contribution in [0.3, 0.4) is 0 Å². The molecule has 0 saturated carbocycles. The van der Waals surface area contributed by atoms with Crippen molar-refractivity contribution in [2.45, 2.75) is 6.92 Å². The molecule has 1 heterocycles. The molecule has 7 heteroatoms. The second kappa shape index (κ2) is 8.09. The number of carbonyl (C=O) groups excluding carboxylic acids is 1. The summed E-state index contributed by atoms with van der Waals surface area (Å²) in [6, 6.07) is 12.1. The molecule has 0 bridgehead atoms. The molecule has 3 aromatic rings. The van der Waals surface area contributed by atoms with E-state index in [0.717, 1.165) is 5.56 Å². The highest BCUT2D eigenvalue weighted by Crippen LogP contribution is 2.34. The maximum Gasteiger partial charge on any atom is 0.248 e. The molecule has 0 aliphatic heterocycles. The fraction of sp³-hybridized carbons (Fsp3) is 0.0500. The van der Waals surface area contributed by atoms with Crippen LogP contribution >= 0.6 is 34.8 Å². The second-order valence-corrected chi connectivity index (χ2v) is 7.01. The van der Waals surface area contributed by atoms with E-state index < -0.39 is 0 Å². The summed E-state index contributed by atoms with van der Waals surface area (Å²) in [4.78, 5) is 12.2. The van der Waals surface area contributed by atoms with E-state index in [9.17, 15) is 4.79 Å². The van der Waals surface area contributed by atoms with E-state index in [1.54, 1.807) is 48.5 Å². The summed E-state index contributed by atoms with van der Waals surface area (Å²) < 4.78 is 5.72. The Kier molecular flexibility index (Phi) is 5.80. The Morgan fingerprint density at radius 2 is 1.89 bits per heavy atom. The van der Waals surface area contributed by atoms with Crippen LogP contribution in [-0.2, 0) is 4.79 Å². The van der Waals surface area contributed by atoms with Crippen LogP contribution in [0.5, 0.6) is 0 Å². The number of furan rings is 1. The monoisotopic (exact) mass is 420 g/mol. The molecule has 0 radical (unpaired) electrons. The zero-order chi connectivity index (χ0) is 19.6. The zero-order valence-electron chi connectivity index (χ0n) is 14.2. The van der Waals surface area contributed by atoms with Gasteiger partial charge in [-0.3, -0.25) is 4.79 Å². The third-order valence-corrected chi connectivity index (χ3v) is 4.92. The van der Waals surface area contributed by atoms with Crippen LogP contribution in [0.25, 0.3) is 17.4 Å². The fourth-order valence-electron chi connectivity index (χ4n) is 2.53. The summed E-state index contributed by atoms with van der Waals surface area (Å²) in [6.07, 6.45) is 2.91. The Balaban J connectivity index is 1.75. The quantitative estimate of drug-likeness (QED) is 0.376. The highest BCUT2D eigenvalue weighted by molar-refractivity contribution is 6.43. The first-order valence-corrected chi connectivity index (χ1v) is 9.07. The van der Waals surface area contributed by atoms with Crippen LogP contribution in [0.4, 0.5) is 11.4 Å². The maximum atomic E-state index is 12.2. The summed E-state index contributed by atoms with van der Waals surface area (Å²) in [7, 11) is 0. The van der Waals surface area contributed by atoms with Crippen molar-refractivity contribution < 1.29 is 9.21 Å². The molecule has 27 heavy (non-hydrogen) atoms. The van der Waals surface area contributed by atoms with Gasteiger partial charge in [-0.2, -0.15) is 0 Å². The molecule has 2 aromatic carbocycles. The highest BCUT2D eigenvalue weighted by atomic mass is 35.5. The predicted octanol–water partition coefficient (Wildman–Crippen LogP) is 6.45. The molecule has 0 unspecified atom stereocenters. The number of nitrogens with two attached hydrogens (primary N) is 1. The van der Waals surface area contributed by atoms with E-state index in [1.807, 2.05) is 6.92 Å². The molecular formula is C20H15Cl3N2O2. The van der Waals surface area contributed by atoms with E-state index >= 15 is 0 Å². The Morgan fingerprint density at radius 3 is 2.63 bits per heavy atom. The number of hydrogen-bond donors (Lipinski definition) is 2. The molecule has 0 saturated heterocycles. The molecule has 0 aliphatic rings. The molecule has 4 nitrogen and oxygen atoms in total. The minimum Gasteiger partial charge on any atom is -0.457 e. The molecule has 0 atom stereocenters. The van der Waals surface area contributed by atoms with Gasteiger partial charge in [-0.1, -0.05) is 40.9 Å². The molecule has 3 N–H and O–H groups in total. The van der Waals surface area contributed by atoms with Gasteiger partial charge in [0.2, 0.25) is 5.91 Å². The van der Waals surface area contributed by atoms with Gasteiger partial charge in [0.1, 0.15) is 11.5 Å². The number of rotatable bonds is 4. The third kappa shape index (κ3) is 4.48. The van der Waals surface area contributed by atoms with Crippen LogP contribution in [0.2, 0.25) is 15.1 Å². The largest absolute Gasteiger partial charge is 0.457 e. The molecule has 3 rings (SSSR count). The van der Waals surface area contributed by atoms with Crippen molar-refractivity contribution in [3.8, 4) is 11.3 Å². The number of anilines is 2. The van der Waals surface area contributed by atoms with Gasteiger partial charge < -0.3 is 15.5 Å². The fourth-order valence-corrected chi connectivity index (χ4v) is 3.25. The summed E-state index contributed by atoms with van der Waals surface area (Å²) in [5.74, 6) is 0.708. The Labute approximate surface area is 171 Å². The first kappa shape index (κ1) is 19.4. The number of amides is 1. The van der Waals surface area contributed by atoms with E-state index in [1.165, 1.54) is 6.08 Å². The molecule has 1 aromatic heterocycles. The normalized spacial score (nSPS) is 11.1. The standard InChI is InChI=1S/C20H15Cl3N2O2/c1-11-9-12(24)10-16(22)20(11)25-18(26)8-6-13-5-7-17(27-13)14-3-2-4-15(21)19(14)23/h2-10H,24H2,1H3,(H,25,26)/b8-6+. The Bertz CT molecular complexity index is 1020. The van der Waals surface area contributed by atoms with Gasteiger partial charge in [-0.25, -0.2) is 0 Å². The molecule has 0 aliphatic carbocycles. The van der Waals surface area contributed by atoms with Crippen molar-refractivity contribution in [2.75, 3.05) is 11.1 Å². The smallest absolute Gasteiger partial charge is 0.248 e. The van der Waals surface area contributed by atoms with Crippen molar-refractivity contribution in [1.29, 1.82) is 0 Å². The van der Waals surface area contributed by atoms with Crippen molar-refractivity contribution >= 4 is 58.2 Å². The van der Waals surface area contributed by atoms with Gasteiger partial charge in [0.25, 0.3) is 0 Å². The molecule has 1 amide bonds. The predicted molar refractivity (Wildman–Crippen MR) is 112 cm³/mol. The summed E-state index contributed by atoms with van der Waals surface area (Å²) in [5.41, 5.74) is 8.23. The van der Waals surface area contributed by atoms with Crippen molar-refractivity contribution in [2.24, 2.45) is 0 Å². The van der Waals surface area contributed by atoms with Crippen LogP contribution in [-0.4, -0.2) is 5.91 Å². The first-order chi connectivity index (χ1) is 12.8. The maximum absolute atomic E-state index is 12.2. The number of benzene rings is 2. The van der Waals surface area contributed by atoms with Gasteiger partial charge in [0.05, 0.1) is 20.8 Å². The second-order valence-electron chi connectivity index (χ2n) is 5.82. The summed E-state index contributed by atoms with van der Waals surface area (Å²) in [5, 5.41) is 3.97. The number of nitrogen functional groups attached to an aromatic ring is 1. The Hall–Kier alpha value is -2.40. The van der Waals surface area contributed by atoms with E-state index in [-0.39, 0.29) is 5.91 Å². The first-order valence-electron chi connectivity index (χ1n) is 7.94. The number of halogens is 3. The van der Waals surface area contributed by atoms with E-state index in [0.29, 0.717) is 43.5 Å². The van der Waals surface area contributed by atoms with Gasteiger partial charge in [-0.05, 0) is 55.0 Å². The molecule has 0 fully saturated rings. The van der Waals surface area contributed by atoms with Crippen LogP contribution in [0, 0.1) is 6.92 Å². The van der Waals surface area contributed by atoms with E-state index in [2.05, 4.69) is 5.32 Å². The zero-order valence-corrected chi connectivity index (χ0v) is 16.5. The van der Waals surface area contributed by atoms with Crippen LogP contribution < -0.4 is 11.1 Å². The lowest BCUT2D eigenvalue weighted by Gasteiger charge is -2.09. The van der Waals surface area contributed by atoms with Crippen molar-refractivity contribution in [1.82, 2.24) is 0 Å². The van der Waals surface area contributed by atoms with Crippen LogP contribution in [0.1, 0.15) is 11.3 Å². The summed E-state index contributed by atoms with van der Waals surface area (Å²) in [6.45, 7) is 1.81. The van der Waals surface area contributed by atoms with Gasteiger partial charge in [0.15, 0.2) is 0 Å². The Morgan fingerprint density at radius 1 is 1.11 bits per heavy atom. The molecule has 0 spiro atoms. The SMILES string of the molecule is Cc1cc(N)cc(Cl)c1NC(=O)/C=C/c1ccc(-c2cccc(Cl)c2Cl)o1. The van der Waals surface area contributed by atoms with Gasteiger partial charge in [-0.15, -0.1) is 0 Å². The summed E-state index contributed by atoms with van der Waals surface area (Å²) >= 11 is 18.4. The van der Waals surface area contributed by atoms with Gasteiger partial charge in [0, 0.05) is 17.3 Å². The van der Waals surface area contributed by atoms with E-state index in [4.69, 9.17) is 45.0 Å². The topological polar surface area (TPSA) is 68.3 Å². The molecular weight excluding hydrogens is 407 g/mol. The highest BCUT2D eigenvalue weighted by Gasteiger charge is 2.11. The molecule has 138 valence electrons. The van der Waals surface area contributed by atoms with Crippen molar-refractivity contribution in [3.05, 3.63) is 74.9 Å². The lowest BCUT2D eigenvalue weighted by Crippen LogP contribution is -2.09. The number of carbonyl (C=O) groups is 1. The number of aryl methyl sites for hydroxylation is 1. The number of hydrogen-bond acceptors (Lipinski definition) is 3. The van der Waals surface area contributed by atoms with Gasteiger partial charge >= 0.3 is 0 Å².